The lowest BCUT2D eigenvalue weighted by Crippen LogP contribution is -2.50. The molecule has 0 N–H and O–H groups in total. The first-order valence-corrected chi connectivity index (χ1v) is 9.40. The van der Waals surface area contributed by atoms with Crippen LogP contribution in [0.2, 0.25) is 5.15 Å². The van der Waals surface area contributed by atoms with E-state index in [1.165, 1.54) is 18.5 Å². The summed E-state index contributed by atoms with van der Waals surface area (Å²) in [5.74, 6) is 0.583. The van der Waals surface area contributed by atoms with Crippen LogP contribution in [0, 0.1) is 5.82 Å². The third-order valence-electron chi connectivity index (χ3n) is 4.67. The van der Waals surface area contributed by atoms with Gasteiger partial charge in [-0.25, -0.2) is 14.4 Å². The topological polar surface area (TPSA) is 52.6 Å². The SMILES string of the molecule is CCN(Cc1cccc(F)c1)C(=O)CN1CCN(c2cc(Cl)ncn2)CC1. The Balaban J connectivity index is 1.52. The first-order chi connectivity index (χ1) is 13.0. The first-order valence-electron chi connectivity index (χ1n) is 9.02. The van der Waals surface area contributed by atoms with Crippen LogP contribution in [0.25, 0.3) is 0 Å². The number of benzene rings is 1. The number of nitrogens with zero attached hydrogens (tertiary/aromatic N) is 5. The second kappa shape index (κ2) is 9.10. The van der Waals surface area contributed by atoms with Crippen LogP contribution >= 0.6 is 11.6 Å². The number of aromatic nitrogens is 2. The van der Waals surface area contributed by atoms with Gasteiger partial charge in [0.25, 0.3) is 0 Å². The van der Waals surface area contributed by atoms with Crippen molar-refractivity contribution >= 4 is 23.3 Å². The van der Waals surface area contributed by atoms with Gasteiger partial charge in [0.05, 0.1) is 6.54 Å². The molecule has 27 heavy (non-hydrogen) atoms. The fourth-order valence-corrected chi connectivity index (χ4v) is 3.30. The number of hydrogen-bond acceptors (Lipinski definition) is 5. The number of halogens is 2. The van der Waals surface area contributed by atoms with Gasteiger partial charge in [-0.15, -0.1) is 0 Å². The van der Waals surface area contributed by atoms with Crippen molar-refractivity contribution in [2.75, 3.05) is 44.2 Å². The highest BCUT2D eigenvalue weighted by Gasteiger charge is 2.22. The molecule has 0 atom stereocenters. The standard InChI is InChI=1S/C19H23ClFN5O/c1-2-25(12-15-4-3-5-16(21)10-15)19(27)13-24-6-8-26(9-7-24)18-11-17(20)22-14-23-18/h3-5,10-11,14H,2,6-9,12-13H2,1H3. The van der Waals surface area contributed by atoms with E-state index in [1.807, 2.05) is 13.0 Å². The zero-order valence-electron chi connectivity index (χ0n) is 15.3. The van der Waals surface area contributed by atoms with E-state index in [4.69, 9.17) is 11.6 Å². The molecular weight excluding hydrogens is 369 g/mol. The van der Waals surface area contributed by atoms with E-state index in [0.717, 1.165) is 37.6 Å². The zero-order valence-corrected chi connectivity index (χ0v) is 16.1. The summed E-state index contributed by atoms with van der Waals surface area (Å²) < 4.78 is 13.4. The molecule has 6 nitrogen and oxygen atoms in total. The van der Waals surface area contributed by atoms with Gasteiger partial charge in [0.2, 0.25) is 5.91 Å². The molecule has 0 unspecified atom stereocenters. The van der Waals surface area contributed by atoms with Crippen LogP contribution < -0.4 is 4.90 Å². The van der Waals surface area contributed by atoms with Gasteiger partial charge in [0.15, 0.2) is 0 Å². The van der Waals surface area contributed by atoms with Crippen LogP contribution in [0.4, 0.5) is 10.2 Å². The summed E-state index contributed by atoms with van der Waals surface area (Å²) in [7, 11) is 0. The molecule has 1 saturated heterocycles. The van der Waals surface area contributed by atoms with Crippen molar-refractivity contribution in [1.82, 2.24) is 19.8 Å². The van der Waals surface area contributed by atoms with Crippen molar-refractivity contribution < 1.29 is 9.18 Å². The molecular formula is C19H23ClFN5O. The fraction of sp³-hybridized carbons (Fsp3) is 0.421. The van der Waals surface area contributed by atoms with Crippen LogP contribution in [0.1, 0.15) is 12.5 Å². The number of piperazine rings is 1. The number of likely N-dealkylation sites (N-methyl/N-ethyl adjacent to an activating group) is 1. The lowest BCUT2D eigenvalue weighted by molar-refractivity contribution is -0.132. The summed E-state index contributed by atoms with van der Waals surface area (Å²) in [6.07, 6.45) is 1.46. The van der Waals surface area contributed by atoms with Crippen molar-refractivity contribution in [3.63, 3.8) is 0 Å². The number of carbonyl (C=O) groups excluding carboxylic acids is 1. The van der Waals surface area contributed by atoms with E-state index >= 15 is 0 Å². The summed E-state index contributed by atoms with van der Waals surface area (Å²) >= 11 is 5.93. The molecule has 1 aromatic heterocycles. The molecule has 3 rings (SSSR count). The molecule has 1 fully saturated rings. The largest absolute Gasteiger partial charge is 0.354 e. The lowest BCUT2D eigenvalue weighted by atomic mass is 10.2. The van der Waals surface area contributed by atoms with Gasteiger partial charge in [-0.1, -0.05) is 23.7 Å². The summed E-state index contributed by atoms with van der Waals surface area (Å²) in [5.41, 5.74) is 0.802. The molecule has 2 heterocycles. The number of carbonyl (C=O) groups is 1. The molecule has 1 aliphatic heterocycles. The Morgan fingerprint density at radius 3 is 2.67 bits per heavy atom. The van der Waals surface area contributed by atoms with E-state index < -0.39 is 0 Å². The van der Waals surface area contributed by atoms with E-state index in [0.29, 0.717) is 24.8 Å². The molecule has 0 bridgehead atoms. The minimum absolute atomic E-state index is 0.0558. The summed E-state index contributed by atoms with van der Waals surface area (Å²) in [4.78, 5) is 26.8. The minimum Gasteiger partial charge on any atom is -0.354 e. The third-order valence-corrected chi connectivity index (χ3v) is 4.88. The quantitative estimate of drug-likeness (QED) is 0.708. The highest BCUT2D eigenvalue weighted by Crippen LogP contribution is 2.16. The van der Waals surface area contributed by atoms with Gasteiger partial charge in [-0.2, -0.15) is 0 Å². The molecule has 0 aliphatic carbocycles. The average molecular weight is 392 g/mol. The maximum absolute atomic E-state index is 13.4. The number of anilines is 1. The van der Waals surface area contributed by atoms with Crippen LogP contribution in [0.3, 0.4) is 0 Å². The highest BCUT2D eigenvalue weighted by atomic mass is 35.5. The highest BCUT2D eigenvalue weighted by molar-refractivity contribution is 6.29. The molecule has 1 aromatic carbocycles. The molecule has 0 spiro atoms. The summed E-state index contributed by atoms with van der Waals surface area (Å²) in [6.45, 7) is 6.40. The fourth-order valence-electron chi connectivity index (χ4n) is 3.16. The van der Waals surface area contributed by atoms with Gasteiger partial charge in [-0.3, -0.25) is 9.69 Å². The van der Waals surface area contributed by atoms with Crippen molar-refractivity contribution in [1.29, 1.82) is 0 Å². The Bertz CT molecular complexity index is 782. The van der Waals surface area contributed by atoms with Crippen LogP contribution in [-0.2, 0) is 11.3 Å². The Morgan fingerprint density at radius 1 is 1.22 bits per heavy atom. The van der Waals surface area contributed by atoms with Crippen LogP contribution in [0.15, 0.2) is 36.7 Å². The number of hydrogen-bond donors (Lipinski definition) is 0. The van der Waals surface area contributed by atoms with Gasteiger partial charge in [-0.05, 0) is 24.6 Å². The van der Waals surface area contributed by atoms with E-state index in [2.05, 4.69) is 19.8 Å². The molecule has 0 radical (unpaired) electrons. The average Bonchev–Trinajstić information content (AvgIpc) is 2.66. The monoisotopic (exact) mass is 391 g/mol. The molecule has 8 heteroatoms. The van der Waals surface area contributed by atoms with Crippen molar-refractivity contribution in [2.45, 2.75) is 13.5 Å². The Kier molecular flexibility index (Phi) is 6.58. The second-order valence-electron chi connectivity index (χ2n) is 6.50. The Hall–Kier alpha value is -2.25. The van der Waals surface area contributed by atoms with E-state index in [-0.39, 0.29) is 11.7 Å². The molecule has 0 saturated carbocycles. The Labute approximate surface area is 163 Å². The zero-order chi connectivity index (χ0) is 19.2. The summed E-state index contributed by atoms with van der Waals surface area (Å²) in [5, 5.41) is 0.425. The predicted molar refractivity (Wildman–Crippen MR) is 103 cm³/mol. The van der Waals surface area contributed by atoms with Gasteiger partial charge >= 0.3 is 0 Å². The van der Waals surface area contributed by atoms with Gasteiger partial charge in [0.1, 0.15) is 23.1 Å². The molecule has 144 valence electrons. The predicted octanol–water partition coefficient (Wildman–Crippen LogP) is 2.44. The van der Waals surface area contributed by atoms with Crippen LogP contribution in [0.5, 0.6) is 0 Å². The molecule has 1 aliphatic rings. The van der Waals surface area contributed by atoms with Crippen molar-refractivity contribution in [3.8, 4) is 0 Å². The number of amides is 1. The third kappa shape index (κ3) is 5.37. The smallest absolute Gasteiger partial charge is 0.237 e. The van der Waals surface area contributed by atoms with Gasteiger partial charge < -0.3 is 9.80 Å². The van der Waals surface area contributed by atoms with Crippen LogP contribution in [-0.4, -0.2) is 64.9 Å². The second-order valence-corrected chi connectivity index (χ2v) is 6.89. The normalized spacial score (nSPS) is 15.0. The van der Waals surface area contributed by atoms with E-state index in [1.54, 1.807) is 17.0 Å². The maximum atomic E-state index is 13.4. The van der Waals surface area contributed by atoms with Gasteiger partial charge in [0, 0.05) is 45.3 Å². The number of rotatable bonds is 6. The molecule has 1 amide bonds. The Morgan fingerprint density at radius 2 is 2.00 bits per heavy atom. The summed E-state index contributed by atoms with van der Waals surface area (Å²) in [6, 6.07) is 8.14. The minimum atomic E-state index is -0.281. The first kappa shape index (κ1) is 19.5. The van der Waals surface area contributed by atoms with Crippen molar-refractivity contribution in [2.24, 2.45) is 0 Å². The van der Waals surface area contributed by atoms with Crippen molar-refractivity contribution in [3.05, 3.63) is 53.2 Å². The van der Waals surface area contributed by atoms with E-state index in [9.17, 15) is 9.18 Å². The molecule has 2 aromatic rings. The maximum Gasteiger partial charge on any atom is 0.237 e. The lowest BCUT2D eigenvalue weighted by Gasteiger charge is -2.35.